The summed E-state index contributed by atoms with van der Waals surface area (Å²) in [5, 5.41) is 13.5. The number of aliphatic carboxylic acids is 1. The molecule has 0 saturated heterocycles. The second-order valence-electron chi connectivity index (χ2n) is 5.22. The van der Waals surface area contributed by atoms with Crippen molar-refractivity contribution in [1.82, 2.24) is 10.6 Å². The predicted molar refractivity (Wildman–Crippen MR) is 78.4 cm³/mol. The summed E-state index contributed by atoms with van der Waals surface area (Å²) < 4.78 is 0. The molecule has 0 radical (unpaired) electrons. The first kappa shape index (κ1) is 19.8. The number of carbonyl (C=O) groups excluding carboxylic acids is 3. The van der Waals surface area contributed by atoms with Gasteiger partial charge in [0.25, 0.3) is 0 Å². The van der Waals surface area contributed by atoms with Crippen molar-refractivity contribution < 1.29 is 24.3 Å². The zero-order valence-corrected chi connectivity index (χ0v) is 13.0. The van der Waals surface area contributed by atoms with Gasteiger partial charge in [0.15, 0.2) is 0 Å². The van der Waals surface area contributed by atoms with E-state index in [-0.39, 0.29) is 12.3 Å². The van der Waals surface area contributed by atoms with E-state index in [4.69, 9.17) is 16.6 Å². The van der Waals surface area contributed by atoms with E-state index < -0.39 is 41.8 Å². The van der Waals surface area contributed by atoms with Crippen molar-refractivity contribution in [2.24, 2.45) is 17.4 Å². The van der Waals surface area contributed by atoms with E-state index in [1.165, 1.54) is 6.92 Å². The summed E-state index contributed by atoms with van der Waals surface area (Å²) in [4.78, 5) is 45.5. The standard InChI is InChI=1S/C13H24N4O5/c1-4-6(2)10(12(20)16-7(3)13(21)22)17-11(19)8(14)5-9(15)18/h6-8,10H,4-5,14H2,1-3H3,(H2,15,18)(H,16,20)(H,17,19)(H,21,22)/t6-,7-,8-,10-/m0/s1. The summed E-state index contributed by atoms with van der Waals surface area (Å²) >= 11 is 0. The molecule has 0 rings (SSSR count). The number of primary amides is 1. The summed E-state index contributed by atoms with van der Waals surface area (Å²) in [6.07, 6.45) is 0.233. The number of hydrogen-bond donors (Lipinski definition) is 5. The molecule has 0 aliphatic heterocycles. The highest BCUT2D eigenvalue weighted by Crippen LogP contribution is 2.09. The predicted octanol–water partition coefficient (Wildman–Crippen LogP) is -1.69. The summed E-state index contributed by atoms with van der Waals surface area (Å²) in [6.45, 7) is 4.87. The number of amides is 3. The minimum Gasteiger partial charge on any atom is -0.480 e. The lowest BCUT2D eigenvalue weighted by molar-refractivity contribution is -0.142. The Hall–Kier alpha value is -2.16. The van der Waals surface area contributed by atoms with Gasteiger partial charge in [-0.05, 0) is 12.8 Å². The number of nitrogens with two attached hydrogens (primary N) is 2. The minimum atomic E-state index is -1.19. The Morgan fingerprint density at radius 1 is 1.09 bits per heavy atom. The molecule has 0 aromatic rings. The van der Waals surface area contributed by atoms with Crippen LogP contribution in [0.2, 0.25) is 0 Å². The van der Waals surface area contributed by atoms with Crippen LogP contribution in [0.5, 0.6) is 0 Å². The number of hydrogen-bond acceptors (Lipinski definition) is 5. The first-order chi connectivity index (χ1) is 10.1. The van der Waals surface area contributed by atoms with Crippen molar-refractivity contribution in [3.8, 4) is 0 Å². The molecule has 0 heterocycles. The van der Waals surface area contributed by atoms with Crippen molar-refractivity contribution in [2.75, 3.05) is 0 Å². The Morgan fingerprint density at radius 2 is 1.64 bits per heavy atom. The molecular weight excluding hydrogens is 292 g/mol. The van der Waals surface area contributed by atoms with Crippen LogP contribution in [-0.2, 0) is 19.2 Å². The molecular formula is C13H24N4O5. The van der Waals surface area contributed by atoms with Crippen LogP contribution in [0.3, 0.4) is 0 Å². The van der Waals surface area contributed by atoms with Crippen LogP contribution in [-0.4, -0.2) is 46.9 Å². The largest absolute Gasteiger partial charge is 0.480 e. The third-order valence-electron chi connectivity index (χ3n) is 3.28. The fraction of sp³-hybridized carbons (Fsp3) is 0.692. The first-order valence-corrected chi connectivity index (χ1v) is 6.97. The molecule has 9 heteroatoms. The number of carboxylic acids is 1. The molecule has 0 aromatic heterocycles. The van der Waals surface area contributed by atoms with Crippen molar-refractivity contribution in [3.63, 3.8) is 0 Å². The van der Waals surface area contributed by atoms with Gasteiger partial charge in [0.2, 0.25) is 17.7 Å². The van der Waals surface area contributed by atoms with Gasteiger partial charge in [-0.25, -0.2) is 0 Å². The molecule has 0 aliphatic carbocycles. The normalized spacial score (nSPS) is 16.0. The molecule has 0 spiro atoms. The van der Waals surface area contributed by atoms with Crippen LogP contribution in [0.1, 0.15) is 33.6 Å². The summed E-state index contributed by atoms with van der Waals surface area (Å²) in [5.41, 5.74) is 10.5. The van der Waals surface area contributed by atoms with Crippen LogP contribution < -0.4 is 22.1 Å². The van der Waals surface area contributed by atoms with E-state index in [1.54, 1.807) is 6.92 Å². The molecule has 4 atom stereocenters. The lowest BCUT2D eigenvalue weighted by Gasteiger charge is -2.25. The van der Waals surface area contributed by atoms with E-state index in [2.05, 4.69) is 10.6 Å². The van der Waals surface area contributed by atoms with Crippen LogP contribution in [0.15, 0.2) is 0 Å². The number of nitrogens with one attached hydrogen (secondary N) is 2. The highest BCUT2D eigenvalue weighted by Gasteiger charge is 2.29. The summed E-state index contributed by atoms with van der Waals surface area (Å²) in [6, 6.07) is -3.19. The van der Waals surface area contributed by atoms with E-state index in [0.717, 1.165) is 0 Å². The summed E-state index contributed by atoms with van der Waals surface area (Å²) in [7, 11) is 0. The smallest absolute Gasteiger partial charge is 0.325 e. The van der Waals surface area contributed by atoms with E-state index in [9.17, 15) is 19.2 Å². The lowest BCUT2D eigenvalue weighted by atomic mass is 9.97. The van der Waals surface area contributed by atoms with Crippen LogP contribution in [0.25, 0.3) is 0 Å². The van der Waals surface area contributed by atoms with E-state index >= 15 is 0 Å². The average molecular weight is 316 g/mol. The molecule has 126 valence electrons. The maximum atomic E-state index is 12.1. The van der Waals surface area contributed by atoms with Crippen molar-refractivity contribution in [3.05, 3.63) is 0 Å². The van der Waals surface area contributed by atoms with E-state index in [0.29, 0.717) is 6.42 Å². The minimum absolute atomic E-state index is 0.245. The highest BCUT2D eigenvalue weighted by atomic mass is 16.4. The maximum absolute atomic E-state index is 12.1. The molecule has 7 N–H and O–H groups in total. The molecule has 3 amide bonds. The quantitative estimate of drug-likeness (QED) is 0.340. The van der Waals surface area contributed by atoms with Crippen LogP contribution >= 0.6 is 0 Å². The maximum Gasteiger partial charge on any atom is 0.325 e. The third kappa shape index (κ3) is 6.53. The Morgan fingerprint density at radius 3 is 2.05 bits per heavy atom. The van der Waals surface area contributed by atoms with Gasteiger partial charge in [-0.1, -0.05) is 20.3 Å². The second-order valence-corrected chi connectivity index (χ2v) is 5.22. The van der Waals surface area contributed by atoms with Gasteiger partial charge in [0, 0.05) is 0 Å². The van der Waals surface area contributed by atoms with Crippen molar-refractivity contribution >= 4 is 23.7 Å². The molecule has 22 heavy (non-hydrogen) atoms. The van der Waals surface area contributed by atoms with Gasteiger partial charge in [-0.3, -0.25) is 19.2 Å². The van der Waals surface area contributed by atoms with Gasteiger partial charge in [-0.2, -0.15) is 0 Å². The van der Waals surface area contributed by atoms with Gasteiger partial charge < -0.3 is 27.2 Å². The van der Waals surface area contributed by atoms with Crippen LogP contribution in [0.4, 0.5) is 0 Å². The molecule has 0 aromatic carbocycles. The van der Waals surface area contributed by atoms with Gasteiger partial charge in [0.1, 0.15) is 12.1 Å². The Bertz CT molecular complexity index is 440. The number of carboxylic acid groups (broad SMARTS) is 1. The molecule has 0 fully saturated rings. The zero-order chi connectivity index (χ0) is 17.4. The van der Waals surface area contributed by atoms with Gasteiger partial charge in [0.05, 0.1) is 12.5 Å². The molecule has 9 nitrogen and oxygen atoms in total. The second kappa shape index (κ2) is 8.98. The Kier molecular flexibility index (Phi) is 8.10. The molecule has 0 unspecified atom stereocenters. The monoisotopic (exact) mass is 316 g/mol. The van der Waals surface area contributed by atoms with E-state index in [1.807, 2.05) is 6.92 Å². The first-order valence-electron chi connectivity index (χ1n) is 6.97. The third-order valence-corrected chi connectivity index (χ3v) is 3.28. The Balaban J connectivity index is 4.91. The molecule has 0 saturated carbocycles. The molecule has 0 bridgehead atoms. The van der Waals surface area contributed by atoms with Crippen molar-refractivity contribution in [2.45, 2.75) is 51.7 Å². The number of carbonyl (C=O) groups is 4. The fourth-order valence-corrected chi connectivity index (χ4v) is 1.64. The average Bonchev–Trinajstić information content (AvgIpc) is 2.42. The molecule has 0 aliphatic rings. The topological polar surface area (TPSA) is 165 Å². The lowest BCUT2D eigenvalue weighted by Crippen LogP contribution is -2.56. The summed E-state index contributed by atoms with van der Waals surface area (Å²) in [5.74, 6) is -3.48. The SMILES string of the molecule is CC[C@H](C)[C@H](NC(=O)[C@@H](N)CC(N)=O)C(=O)N[C@@H](C)C(=O)O. The highest BCUT2D eigenvalue weighted by molar-refractivity contribution is 5.93. The zero-order valence-electron chi connectivity index (χ0n) is 13.0. The van der Waals surface area contributed by atoms with Crippen molar-refractivity contribution in [1.29, 1.82) is 0 Å². The van der Waals surface area contributed by atoms with Gasteiger partial charge in [-0.15, -0.1) is 0 Å². The fourth-order valence-electron chi connectivity index (χ4n) is 1.64. The Labute approximate surface area is 128 Å². The van der Waals surface area contributed by atoms with Crippen LogP contribution in [0, 0.1) is 5.92 Å². The number of rotatable bonds is 9. The van der Waals surface area contributed by atoms with Gasteiger partial charge >= 0.3 is 5.97 Å².